The molecular formula is C14H16N2O2. The van der Waals surface area contributed by atoms with Crippen molar-refractivity contribution in [2.45, 2.75) is 31.3 Å². The number of carbonyl (C=O) groups excluding carboxylic acids is 2. The zero-order valence-corrected chi connectivity index (χ0v) is 10.1. The molecule has 2 fully saturated rings. The number of nitrogens with zero attached hydrogens (tertiary/aromatic N) is 1. The average Bonchev–Trinajstić information content (AvgIpc) is 2.87. The summed E-state index contributed by atoms with van der Waals surface area (Å²) in [4.78, 5) is 25.9. The maximum atomic E-state index is 12.3. The van der Waals surface area contributed by atoms with Crippen LogP contribution in [0, 0.1) is 0 Å². The summed E-state index contributed by atoms with van der Waals surface area (Å²) in [5.41, 5.74) is 1.08. The summed E-state index contributed by atoms with van der Waals surface area (Å²) in [6, 6.07) is 9.19. The molecule has 1 N–H and O–H groups in total. The van der Waals surface area contributed by atoms with Gasteiger partial charge in [-0.1, -0.05) is 30.3 Å². The zero-order chi connectivity index (χ0) is 12.5. The van der Waals surface area contributed by atoms with Crippen molar-refractivity contribution in [1.29, 1.82) is 0 Å². The Kier molecular flexibility index (Phi) is 2.78. The molecule has 0 bridgehead atoms. The molecule has 2 heterocycles. The lowest BCUT2D eigenvalue weighted by Crippen LogP contribution is -2.61. The second-order valence-electron chi connectivity index (χ2n) is 4.94. The Labute approximate surface area is 106 Å². The molecule has 2 aliphatic rings. The molecule has 94 valence electrons. The quantitative estimate of drug-likeness (QED) is 0.833. The van der Waals surface area contributed by atoms with Crippen molar-refractivity contribution in [2.75, 3.05) is 6.54 Å². The van der Waals surface area contributed by atoms with Gasteiger partial charge in [-0.15, -0.1) is 0 Å². The minimum Gasteiger partial charge on any atom is -0.342 e. The van der Waals surface area contributed by atoms with E-state index in [1.165, 1.54) is 0 Å². The first-order valence-electron chi connectivity index (χ1n) is 6.40. The van der Waals surface area contributed by atoms with E-state index in [1.54, 1.807) is 4.90 Å². The Hall–Kier alpha value is -1.84. The Balaban J connectivity index is 1.77. The molecule has 2 atom stereocenters. The van der Waals surface area contributed by atoms with Crippen LogP contribution in [0.2, 0.25) is 0 Å². The molecule has 0 saturated carbocycles. The van der Waals surface area contributed by atoms with Crippen LogP contribution in [-0.4, -0.2) is 35.3 Å². The van der Waals surface area contributed by atoms with Gasteiger partial charge in [0.15, 0.2) is 0 Å². The minimum absolute atomic E-state index is 0.00744. The van der Waals surface area contributed by atoms with Gasteiger partial charge in [0.05, 0.1) is 0 Å². The Morgan fingerprint density at radius 1 is 1.22 bits per heavy atom. The summed E-state index contributed by atoms with van der Waals surface area (Å²) in [5.74, 6) is 0.0778. The van der Waals surface area contributed by atoms with Crippen LogP contribution in [0.25, 0.3) is 0 Å². The van der Waals surface area contributed by atoms with E-state index in [0.29, 0.717) is 6.42 Å². The van der Waals surface area contributed by atoms with Gasteiger partial charge in [0.1, 0.15) is 12.1 Å². The van der Waals surface area contributed by atoms with Gasteiger partial charge in [0, 0.05) is 13.0 Å². The smallest absolute Gasteiger partial charge is 0.246 e. The molecule has 3 rings (SSSR count). The van der Waals surface area contributed by atoms with Crippen molar-refractivity contribution >= 4 is 11.8 Å². The molecular weight excluding hydrogens is 228 g/mol. The van der Waals surface area contributed by atoms with Crippen molar-refractivity contribution in [3.8, 4) is 0 Å². The highest BCUT2D eigenvalue weighted by Crippen LogP contribution is 2.23. The first-order valence-corrected chi connectivity index (χ1v) is 6.40. The largest absolute Gasteiger partial charge is 0.342 e. The summed E-state index contributed by atoms with van der Waals surface area (Å²) < 4.78 is 0. The summed E-state index contributed by atoms with van der Waals surface area (Å²) in [6.45, 7) is 0.724. The number of fused-ring (bicyclic) bond motifs is 1. The molecule has 1 aromatic rings. The highest BCUT2D eigenvalue weighted by molar-refractivity contribution is 5.97. The van der Waals surface area contributed by atoms with Crippen LogP contribution in [0.5, 0.6) is 0 Å². The molecule has 2 amide bonds. The summed E-state index contributed by atoms with van der Waals surface area (Å²) in [6.07, 6.45) is 2.31. The van der Waals surface area contributed by atoms with Crippen LogP contribution >= 0.6 is 0 Å². The van der Waals surface area contributed by atoms with Crippen LogP contribution < -0.4 is 5.32 Å². The lowest BCUT2D eigenvalue weighted by Gasteiger charge is -2.34. The van der Waals surface area contributed by atoms with Crippen molar-refractivity contribution in [2.24, 2.45) is 0 Å². The lowest BCUT2D eigenvalue weighted by atomic mass is 10.0. The molecule has 4 nitrogen and oxygen atoms in total. The zero-order valence-electron chi connectivity index (χ0n) is 10.1. The Morgan fingerprint density at radius 3 is 2.78 bits per heavy atom. The van der Waals surface area contributed by atoms with Gasteiger partial charge in [0.2, 0.25) is 11.8 Å². The summed E-state index contributed by atoms with van der Waals surface area (Å²) in [7, 11) is 0. The minimum atomic E-state index is -0.394. The topological polar surface area (TPSA) is 49.4 Å². The standard InChI is InChI=1S/C14H16N2O2/c17-13-12-7-4-8-16(12)14(18)11(15-13)9-10-5-2-1-3-6-10/h1-3,5-6,11-12H,4,7-9H2,(H,15,17)/t11-,12?/m0/s1. The third kappa shape index (κ3) is 1.88. The highest BCUT2D eigenvalue weighted by atomic mass is 16.2. The van der Waals surface area contributed by atoms with Crippen LogP contribution in [0.4, 0.5) is 0 Å². The van der Waals surface area contributed by atoms with E-state index in [4.69, 9.17) is 0 Å². The van der Waals surface area contributed by atoms with E-state index < -0.39 is 6.04 Å². The van der Waals surface area contributed by atoms with Gasteiger partial charge in [-0.3, -0.25) is 9.59 Å². The van der Waals surface area contributed by atoms with Crippen molar-refractivity contribution in [3.05, 3.63) is 35.9 Å². The normalized spacial score (nSPS) is 27.0. The van der Waals surface area contributed by atoms with Crippen molar-refractivity contribution in [1.82, 2.24) is 10.2 Å². The SMILES string of the molecule is O=C1N[C@@H](Cc2ccccc2)C(=O)N2CCCC12. The molecule has 0 spiro atoms. The number of benzene rings is 1. The highest BCUT2D eigenvalue weighted by Gasteiger charge is 2.42. The molecule has 0 radical (unpaired) electrons. The van der Waals surface area contributed by atoms with Gasteiger partial charge in [-0.2, -0.15) is 0 Å². The van der Waals surface area contributed by atoms with Gasteiger partial charge in [0.25, 0.3) is 0 Å². The van der Waals surface area contributed by atoms with Gasteiger partial charge >= 0.3 is 0 Å². The van der Waals surface area contributed by atoms with Gasteiger partial charge < -0.3 is 10.2 Å². The molecule has 1 unspecified atom stereocenters. The van der Waals surface area contributed by atoms with E-state index in [2.05, 4.69) is 5.32 Å². The fourth-order valence-corrected chi connectivity index (χ4v) is 2.82. The maximum absolute atomic E-state index is 12.3. The molecule has 2 saturated heterocycles. The third-order valence-electron chi connectivity index (χ3n) is 3.74. The average molecular weight is 244 g/mol. The van der Waals surface area contributed by atoms with E-state index in [1.807, 2.05) is 30.3 Å². The van der Waals surface area contributed by atoms with Crippen LogP contribution in [0.3, 0.4) is 0 Å². The molecule has 1 aromatic carbocycles. The molecule has 0 aromatic heterocycles. The molecule has 0 aliphatic carbocycles. The first-order chi connectivity index (χ1) is 8.75. The second-order valence-corrected chi connectivity index (χ2v) is 4.94. The fraction of sp³-hybridized carbons (Fsp3) is 0.429. The molecule has 18 heavy (non-hydrogen) atoms. The molecule has 2 aliphatic heterocycles. The van der Waals surface area contributed by atoms with Crippen LogP contribution in [-0.2, 0) is 16.0 Å². The van der Waals surface area contributed by atoms with Crippen LogP contribution in [0.1, 0.15) is 18.4 Å². The number of piperazine rings is 1. The Morgan fingerprint density at radius 2 is 2.00 bits per heavy atom. The predicted molar refractivity (Wildman–Crippen MR) is 66.8 cm³/mol. The number of carbonyl (C=O) groups is 2. The third-order valence-corrected chi connectivity index (χ3v) is 3.74. The predicted octanol–water partition coefficient (Wildman–Crippen LogP) is 0.718. The fourth-order valence-electron chi connectivity index (χ4n) is 2.82. The van der Waals surface area contributed by atoms with E-state index in [0.717, 1.165) is 24.9 Å². The number of nitrogens with one attached hydrogen (secondary N) is 1. The summed E-state index contributed by atoms with van der Waals surface area (Å²) in [5, 5.41) is 2.86. The number of hydrogen-bond donors (Lipinski definition) is 1. The maximum Gasteiger partial charge on any atom is 0.246 e. The monoisotopic (exact) mass is 244 g/mol. The summed E-state index contributed by atoms with van der Waals surface area (Å²) >= 11 is 0. The lowest BCUT2D eigenvalue weighted by molar-refractivity contribution is -0.146. The van der Waals surface area contributed by atoms with Crippen molar-refractivity contribution < 1.29 is 9.59 Å². The van der Waals surface area contributed by atoms with Crippen LogP contribution in [0.15, 0.2) is 30.3 Å². The Bertz CT molecular complexity index is 472. The van der Waals surface area contributed by atoms with E-state index >= 15 is 0 Å². The van der Waals surface area contributed by atoms with Crippen molar-refractivity contribution in [3.63, 3.8) is 0 Å². The first kappa shape index (κ1) is 11.3. The van der Waals surface area contributed by atoms with Gasteiger partial charge in [-0.25, -0.2) is 0 Å². The number of amides is 2. The van der Waals surface area contributed by atoms with E-state index in [-0.39, 0.29) is 17.9 Å². The second kappa shape index (κ2) is 4.44. The molecule has 4 heteroatoms. The number of hydrogen-bond acceptors (Lipinski definition) is 2. The number of rotatable bonds is 2. The van der Waals surface area contributed by atoms with E-state index in [9.17, 15) is 9.59 Å². The van der Waals surface area contributed by atoms with Gasteiger partial charge in [-0.05, 0) is 18.4 Å².